The summed E-state index contributed by atoms with van der Waals surface area (Å²) in [6, 6.07) is 23.9. The maximum atomic E-state index is 5.87. The van der Waals surface area contributed by atoms with Crippen LogP contribution in [0.15, 0.2) is 91.4 Å². The molecule has 0 amide bonds. The van der Waals surface area contributed by atoms with Crippen LogP contribution in [0.25, 0.3) is 33.2 Å². The number of H-pyrrole nitrogens is 1. The molecular weight excluding hydrogens is 490 g/mol. The highest BCUT2D eigenvalue weighted by Gasteiger charge is 2.13. The zero-order valence-corrected chi connectivity index (χ0v) is 21.4. The number of hydrogen-bond acceptors (Lipinski definition) is 8. The summed E-state index contributed by atoms with van der Waals surface area (Å²) in [5.74, 6) is 2.03. The van der Waals surface area contributed by atoms with E-state index in [2.05, 4.69) is 31.9 Å². The van der Waals surface area contributed by atoms with Gasteiger partial charge < -0.3 is 20.1 Å². The van der Waals surface area contributed by atoms with Gasteiger partial charge in [-0.05, 0) is 60.2 Å². The molecule has 0 aliphatic heterocycles. The van der Waals surface area contributed by atoms with Gasteiger partial charge in [-0.2, -0.15) is 5.10 Å². The van der Waals surface area contributed by atoms with Gasteiger partial charge in [-0.25, -0.2) is 9.97 Å². The number of aromatic amines is 1. The quantitative estimate of drug-likeness (QED) is 0.191. The monoisotopic (exact) mass is 517 g/mol. The average Bonchev–Trinajstić information content (AvgIpc) is 3.45. The van der Waals surface area contributed by atoms with Crippen LogP contribution in [0.2, 0.25) is 0 Å². The third-order valence-electron chi connectivity index (χ3n) is 6.27. The van der Waals surface area contributed by atoms with Crippen LogP contribution in [-0.2, 0) is 11.3 Å². The number of ether oxygens (including phenoxy) is 2. The van der Waals surface area contributed by atoms with Crippen LogP contribution >= 0.6 is 0 Å². The molecule has 6 aromatic rings. The van der Waals surface area contributed by atoms with Crippen LogP contribution in [-0.4, -0.2) is 45.5 Å². The fourth-order valence-corrected chi connectivity index (χ4v) is 4.30. The van der Waals surface area contributed by atoms with Crippen molar-refractivity contribution >= 4 is 39.0 Å². The van der Waals surface area contributed by atoms with Crippen molar-refractivity contribution in [2.24, 2.45) is 0 Å². The average molecular weight is 518 g/mol. The van der Waals surface area contributed by atoms with E-state index < -0.39 is 0 Å². The van der Waals surface area contributed by atoms with Gasteiger partial charge in [0.05, 0.1) is 23.8 Å². The second kappa shape index (κ2) is 11.2. The van der Waals surface area contributed by atoms with Crippen molar-refractivity contribution in [1.29, 1.82) is 0 Å². The lowest BCUT2D eigenvalue weighted by molar-refractivity contribution is 0.146. The molecule has 0 unspecified atom stereocenters. The van der Waals surface area contributed by atoms with E-state index in [1.807, 2.05) is 72.9 Å². The molecule has 0 saturated carbocycles. The number of rotatable bonds is 10. The number of anilines is 3. The van der Waals surface area contributed by atoms with Gasteiger partial charge in [-0.1, -0.05) is 18.2 Å². The fraction of sp³-hybridized carbons (Fsp3) is 0.133. The number of nitrogens with one attached hydrogen (secondary N) is 3. The highest BCUT2D eigenvalue weighted by molar-refractivity contribution is 5.94. The van der Waals surface area contributed by atoms with E-state index in [-0.39, 0.29) is 0 Å². The number of hydrogen-bond donors (Lipinski definition) is 3. The number of aromatic nitrogens is 5. The minimum Gasteiger partial charge on any atom is -0.491 e. The van der Waals surface area contributed by atoms with E-state index in [0.717, 1.165) is 50.1 Å². The molecule has 0 saturated heterocycles. The van der Waals surface area contributed by atoms with Gasteiger partial charge in [-0.3, -0.25) is 10.1 Å². The third-order valence-corrected chi connectivity index (χ3v) is 6.27. The van der Waals surface area contributed by atoms with E-state index in [1.54, 1.807) is 19.5 Å². The highest BCUT2D eigenvalue weighted by Crippen LogP contribution is 2.31. The standard InChI is InChI=1S/C30H27N7O2/c1-38-12-13-39-25-8-10-28-26(16-25)30(34-24-7-9-27-22(15-24)19-33-37-27)36-29(35-28)21-5-2-6-23(14-21)32-18-20-4-3-11-31-17-20/h2-11,14-17,19,32H,12-13,18H2,1H3,(H,33,37)(H,34,35,36). The fourth-order valence-electron chi connectivity index (χ4n) is 4.30. The molecule has 0 aliphatic rings. The number of nitrogens with zero attached hydrogens (tertiary/aromatic N) is 4. The van der Waals surface area contributed by atoms with Crippen LogP contribution in [0.1, 0.15) is 5.56 Å². The van der Waals surface area contributed by atoms with E-state index in [9.17, 15) is 0 Å². The van der Waals surface area contributed by atoms with Gasteiger partial charge in [-0.15, -0.1) is 0 Å². The minimum atomic E-state index is 0.458. The Morgan fingerprint density at radius 1 is 0.872 bits per heavy atom. The number of methoxy groups -OCH3 is 1. The molecule has 0 fully saturated rings. The molecular formula is C30H27N7O2. The molecule has 9 heteroatoms. The van der Waals surface area contributed by atoms with Gasteiger partial charge in [0.15, 0.2) is 5.82 Å². The molecule has 0 aliphatic carbocycles. The second-order valence-electron chi connectivity index (χ2n) is 9.01. The van der Waals surface area contributed by atoms with E-state index in [1.165, 1.54) is 0 Å². The Balaban J connectivity index is 1.36. The lowest BCUT2D eigenvalue weighted by atomic mass is 10.1. The summed E-state index contributed by atoms with van der Waals surface area (Å²) in [4.78, 5) is 14.1. The molecule has 3 aromatic carbocycles. The van der Waals surface area contributed by atoms with E-state index in [0.29, 0.717) is 31.4 Å². The lowest BCUT2D eigenvalue weighted by Gasteiger charge is -2.14. The van der Waals surface area contributed by atoms with Crippen LogP contribution in [0.5, 0.6) is 5.75 Å². The maximum Gasteiger partial charge on any atom is 0.162 e. The Kier molecular flexibility index (Phi) is 6.96. The van der Waals surface area contributed by atoms with Crippen molar-refractivity contribution in [3.63, 3.8) is 0 Å². The van der Waals surface area contributed by atoms with Crippen molar-refractivity contribution in [3.05, 3.63) is 97.0 Å². The lowest BCUT2D eigenvalue weighted by Crippen LogP contribution is -2.05. The van der Waals surface area contributed by atoms with Crippen LogP contribution in [0.4, 0.5) is 17.2 Å². The molecule has 0 bridgehead atoms. The Morgan fingerprint density at radius 3 is 2.74 bits per heavy atom. The molecule has 3 N–H and O–H groups in total. The first-order valence-corrected chi connectivity index (χ1v) is 12.6. The highest BCUT2D eigenvalue weighted by atomic mass is 16.5. The van der Waals surface area contributed by atoms with Gasteiger partial charge in [0.25, 0.3) is 0 Å². The molecule has 3 aromatic heterocycles. The molecule has 194 valence electrons. The maximum absolute atomic E-state index is 5.87. The number of fused-ring (bicyclic) bond motifs is 2. The summed E-state index contributed by atoms with van der Waals surface area (Å²) >= 11 is 0. The smallest absolute Gasteiger partial charge is 0.162 e. The first-order chi connectivity index (χ1) is 19.2. The Bertz CT molecular complexity index is 1720. The predicted octanol–water partition coefficient (Wildman–Crippen LogP) is 5.95. The van der Waals surface area contributed by atoms with Crippen LogP contribution in [0, 0.1) is 0 Å². The third kappa shape index (κ3) is 5.63. The molecule has 0 spiro atoms. The Hall–Kier alpha value is -5.02. The van der Waals surface area contributed by atoms with Gasteiger partial charge >= 0.3 is 0 Å². The molecule has 3 heterocycles. The molecule has 9 nitrogen and oxygen atoms in total. The minimum absolute atomic E-state index is 0.458. The summed E-state index contributed by atoms with van der Waals surface area (Å²) in [5, 5.41) is 15.9. The Morgan fingerprint density at radius 2 is 1.85 bits per heavy atom. The van der Waals surface area contributed by atoms with Gasteiger partial charge in [0.2, 0.25) is 0 Å². The van der Waals surface area contributed by atoms with Crippen LogP contribution in [0.3, 0.4) is 0 Å². The number of pyridine rings is 1. The summed E-state index contributed by atoms with van der Waals surface area (Å²) < 4.78 is 11.0. The summed E-state index contributed by atoms with van der Waals surface area (Å²) in [6.07, 6.45) is 5.43. The number of benzene rings is 3. The molecule has 0 atom stereocenters. The summed E-state index contributed by atoms with van der Waals surface area (Å²) in [5.41, 5.74) is 5.66. The topological polar surface area (TPSA) is 110 Å². The molecule has 6 rings (SSSR count). The zero-order valence-electron chi connectivity index (χ0n) is 21.4. The van der Waals surface area contributed by atoms with E-state index in [4.69, 9.17) is 19.4 Å². The summed E-state index contributed by atoms with van der Waals surface area (Å²) in [7, 11) is 1.65. The SMILES string of the molecule is COCCOc1ccc2nc(-c3cccc(NCc4cccnc4)c3)nc(Nc3ccc4[nH]ncc4c3)c2c1. The first-order valence-electron chi connectivity index (χ1n) is 12.6. The van der Waals surface area contributed by atoms with Crippen molar-refractivity contribution < 1.29 is 9.47 Å². The second-order valence-corrected chi connectivity index (χ2v) is 9.01. The first kappa shape index (κ1) is 24.3. The van der Waals surface area contributed by atoms with Crippen molar-refractivity contribution in [1.82, 2.24) is 25.1 Å². The largest absolute Gasteiger partial charge is 0.491 e. The van der Waals surface area contributed by atoms with E-state index >= 15 is 0 Å². The van der Waals surface area contributed by atoms with Crippen molar-refractivity contribution in [3.8, 4) is 17.1 Å². The van der Waals surface area contributed by atoms with Gasteiger partial charge in [0.1, 0.15) is 18.2 Å². The zero-order chi connectivity index (χ0) is 26.4. The molecule has 39 heavy (non-hydrogen) atoms. The van der Waals surface area contributed by atoms with Gasteiger partial charge in [0, 0.05) is 53.8 Å². The summed E-state index contributed by atoms with van der Waals surface area (Å²) in [6.45, 7) is 1.64. The van der Waals surface area contributed by atoms with Crippen molar-refractivity contribution in [2.45, 2.75) is 6.54 Å². The predicted molar refractivity (Wildman–Crippen MR) is 153 cm³/mol. The van der Waals surface area contributed by atoms with Crippen LogP contribution < -0.4 is 15.4 Å². The molecule has 0 radical (unpaired) electrons. The Labute approximate surface area is 225 Å². The van der Waals surface area contributed by atoms with Crippen molar-refractivity contribution in [2.75, 3.05) is 31.0 Å². The normalized spacial score (nSPS) is 11.1.